The van der Waals surface area contributed by atoms with E-state index in [1.165, 1.54) is 0 Å². The minimum Gasteiger partial charge on any atom is -0.458 e. The van der Waals surface area contributed by atoms with E-state index < -0.39 is 22.8 Å². The summed E-state index contributed by atoms with van der Waals surface area (Å²) in [5.41, 5.74) is -2.50. The molecule has 7 atom stereocenters. The van der Waals surface area contributed by atoms with Crippen LogP contribution in [-0.4, -0.2) is 34.2 Å². The second-order valence-electron chi connectivity index (χ2n) is 10.1. The predicted octanol–water partition coefficient (Wildman–Crippen LogP) is 3.66. The maximum Gasteiger partial charge on any atom is 0.306 e. The molecule has 5 aliphatic rings. The fraction of sp³-hybridized carbons (Fsp3) is 0.818. The maximum atomic E-state index is 16.9. The minimum atomic E-state index is -1.71. The summed E-state index contributed by atoms with van der Waals surface area (Å²) in [4.78, 5) is 23.9. The molecule has 0 aromatic heterocycles. The van der Waals surface area contributed by atoms with Gasteiger partial charge >= 0.3 is 5.97 Å². The summed E-state index contributed by atoms with van der Waals surface area (Å²) in [5, 5.41) is 11.2. The number of ketones is 1. The molecule has 27 heavy (non-hydrogen) atoms. The zero-order valence-electron chi connectivity index (χ0n) is 16.2. The van der Waals surface area contributed by atoms with Crippen LogP contribution < -0.4 is 0 Å². The SMILES string of the molecule is CC12CCC(=O)C=C1CCC1C3CCC4(CCC(=O)O4)C3(C)CC(O)C12F. The lowest BCUT2D eigenvalue weighted by Crippen LogP contribution is -2.68. The molecule has 1 N–H and O–H groups in total. The molecule has 5 heteroatoms. The fourth-order valence-electron chi connectivity index (χ4n) is 7.85. The number of esters is 1. The summed E-state index contributed by atoms with van der Waals surface area (Å²) < 4.78 is 22.8. The average Bonchev–Trinajstić information content (AvgIpc) is 3.12. The summed E-state index contributed by atoms with van der Waals surface area (Å²) >= 11 is 0. The number of carbonyl (C=O) groups excluding carboxylic acids is 2. The highest BCUT2D eigenvalue weighted by Crippen LogP contribution is 2.71. The predicted molar refractivity (Wildman–Crippen MR) is 96.5 cm³/mol. The molecule has 0 radical (unpaired) electrons. The van der Waals surface area contributed by atoms with Crippen LogP contribution in [0.15, 0.2) is 11.6 Å². The third-order valence-electron chi connectivity index (χ3n) is 9.37. The van der Waals surface area contributed by atoms with E-state index in [-0.39, 0.29) is 29.0 Å². The first-order chi connectivity index (χ1) is 12.7. The van der Waals surface area contributed by atoms with Gasteiger partial charge in [0.05, 0.1) is 6.10 Å². The molecule has 1 aliphatic heterocycles. The largest absolute Gasteiger partial charge is 0.458 e. The number of aliphatic hydroxyl groups is 1. The van der Waals surface area contributed by atoms with Crippen LogP contribution in [0.2, 0.25) is 0 Å². The summed E-state index contributed by atoms with van der Waals surface area (Å²) in [7, 11) is 0. The topological polar surface area (TPSA) is 63.6 Å². The Morgan fingerprint density at radius 1 is 1.07 bits per heavy atom. The average molecular weight is 376 g/mol. The number of aliphatic hydroxyl groups excluding tert-OH is 1. The van der Waals surface area contributed by atoms with Gasteiger partial charge in [-0.2, -0.15) is 0 Å². The van der Waals surface area contributed by atoms with Crippen molar-refractivity contribution >= 4 is 11.8 Å². The number of fused-ring (bicyclic) bond motifs is 6. The second kappa shape index (κ2) is 5.22. The maximum absolute atomic E-state index is 16.9. The van der Waals surface area contributed by atoms with E-state index in [0.29, 0.717) is 38.5 Å². The Morgan fingerprint density at radius 2 is 1.85 bits per heavy atom. The van der Waals surface area contributed by atoms with Crippen molar-refractivity contribution < 1.29 is 23.8 Å². The second-order valence-corrected chi connectivity index (χ2v) is 10.1. The molecule has 1 saturated heterocycles. The molecule has 7 unspecified atom stereocenters. The molecular weight excluding hydrogens is 347 g/mol. The van der Waals surface area contributed by atoms with Crippen LogP contribution in [0.1, 0.15) is 71.6 Å². The first kappa shape index (κ1) is 17.8. The van der Waals surface area contributed by atoms with E-state index >= 15 is 4.39 Å². The van der Waals surface area contributed by atoms with Gasteiger partial charge in [-0.25, -0.2) is 4.39 Å². The normalized spacial score (nSPS) is 54.2. The van der Waals surface area contributed by atoms with Crippen molar-refractivity contribution in [3.63, 3.8) is 0 Å². The molecule has 1 heterocycles. The molecule has 5 rings (SSSR count). The highest BCUT2D eigenvalue weighted by Gasteiger charge is 2.74. The molecule has 0 aromatic carbocycles. The first-order valence-electron chi connectivity index (χ1n) is 10.5. The van der Waals surface area contributed by atoms with Crippen LogP contribution in [0.3, 0.4) is 0 Å². The van der Waals surface area contributed by atoms with E-state index in [1.54, 1.807) is 6.08 Å². The molecular formula is C22H29FO4. The van der Waals surface area contributed by atoms with Gasteiger partial charge in [0.25, 0.3) is 0 Å². The number of hydrogen-bond acceptors (Lipinski definition) is 4. The lowest BCUT2D eigenvalue weighted by molar-refractivity contribution is -0.228. The number of allylic oxidation sites excluding steroid dienone is 1. The molecule has 148 valence electrons. The van der Waals surface area contributed by atoms with Gasteiger partial charge in [0.15, 0.2) is 5.78 Å². The van der Waals surface area contributed by atoms with Gasteiger partial charge < -0.3 is 9.84 Å². The van der Waals surface area contributed by atoms with Gasteiger partial charge in [-0.3, -0.25) is 9.59 Å². The van der Waals surface area contributed by atoms with Gasteiger partial charge in [-0.05, 0) is 56.9 Å². The van der Waals surface area contributed by atoms with E-state index in [1.807, 2.05) is 6.92 Å². The Kier molecular flexibility index (Phi) is 3.45. The Morgan fingerprint density at radius 3 is 2.56 bits per heavy atom. The molecule has 4 fully saturated rings. The Balaban J connectivity index is 1.59. The van der Waals surface area contributed by atoms with Gasteiger partial charge in [-0.15, -0.1) is 0 Å². The Bertz CT molecular complexity index is 761. The number of carbonyl (C=O) groups is 2. The summed E-state index contributed by atoms with van der Waals surface area (Å²) in [6.07, 6.45) is 5.84. The van der Waals surface area contributed by atoms with Crippen molar-refractivity contribution in [3.05, 3.63) is 11.6 Å². The summed E-state index contributed by atoms with van der Waals surface area (Å²) in [6, 6.07) is 0. The third kappa shape index (κ3) is 1.92. The van der Waals surface area contributed by atoms with Crippen LogP contribution in [-0.2, 0) is 14.3 Å². The van der Waals surface area contributed by atoms with Crippen molar-refractivity contribution in [1.29, 1.82) is 0 Å². The highest BCUT2D eigenvalue weighted by molar-refractivity contribution is 5.91. The van der Waals surface area contributed by atoms with Crippen LogP contribution in [0.25, 0.3) is 0 Å². The van der Waals surface area contributed by atoms with Crippen molar-refractivity contribution in [2.45, 2.75) is 89.0 Å². The Hall–Kier alpha value is -1.23. The molecule has 4 aliphatic carbocycles. The van der Waals surface area contributed by atoms with E-state index in [9.17, 15) is 14.7 Å². The molecule has 0 bridgehead atoms. The monoisotopic (exact) mass is 376 g/mol. The molecule has 0 amide bonds. The minimum absolute atomic E-state index is 0.0809. The number of ether oxygens (including phenoxy) is 1. The molecule has 0 aromatic rings. The van der Waals surface area contributed by atoms with Crippen LogP contribution in [0.4, 0.5) is 4.39 Å². The number of alkyl halides is 1. The fourth-order valence-corrected chi connectivity index (χ4v) is 7.85. The lowest BCUT2D eigenvalue weighted by Gasteiger charge is -2.63. The number of rotatable bonds is 0. The van der Waals surface area contributed by atoms with E-state index in [0.717, 1.165) is 24.8 Å². The van der Waals surface area contributed by atoms with Crippen LogP contribution >= 0.6 is 0 Å². The number of hydrogen-bond donors (Lipinski definition) is 1. The first-order valence-corrected chi connectivity index (χ1v) is 10.5. The van der Waals surface area contributed by atoms with Crippen molar-refractivity contribution in [1.82, 2.24) is 0 Å². The van der Waals surface area contributed by atoms with Crippen molar-refractivity contribution in [2.75, 3.05) is 0 Å². The lowest BCUT2D eigenvalue weighted by atomic mass is 9.44. The summed E-state index contributed by atoms with van der Waals surface area (Å²) in [6.45, 7) is 4.04. The van der Waals surface area contributed by atoms with Crippen LogP contribution in [0.5, 0.6) is 0 Å². The Labute approximate surface area is 159 Å². The van der Waals surface area contributed by atoms with Gasteiger partial charge in [0, 0.05) is 29.6 Å². The highest BCUT2D eigenvalue weighted by atomic mass is 19.1. The van der Waals surface area contributed by atoms with Crippen molar-refractivity contribution in [2.24, 2.45) is 22.7 Å². The van der Waals surface area contributed by atoms with Gasteiger partial charge in [0.2, 0.25) is 0 Å². The van der Waals surface area contributed by atoms with E-state index in [2.05, 4.69) is 6.92 Å². The molecule has 1 spiro atoms. The zero-order chi connectivity index (χ0) is 19.2. The quantitative estimate of drug-likeness (QED) is 0.656. The zero-order valence-corrected chi connectivity index (χ0v) is 16.2. The third-order valence-corrected chi connectivity index (χ3v) is 9.37. The van der Waals surface area contributed by atoms with Crippen molar-refractivity contribution in [3.8, 4) is 0 Å². The molecule has 4 nitrogen and oxygen atoms in total. The standard InChI is InChI=1S/C22H29FO4/c1-19-8-5-14(24)11-13(19)3-4-16-15-6-9-21(10-7-18(26)27-21)20(15,2)12-17(25)22(16,19)23/h11,15-17,25H,3-10,12H2,1-2H3. The number of halogens is 1. The molecule has 3 saturated carbocycles. The van der Waals surface area contributed by atoms with Gasteiger partial charge in [0.1, 0.15) is 11.3 Å². The van der Waals surface area contributed by atoms with Crippen LogP contribution in [0, 0.1) is 22.7 Å². The smallest absolute Gasteiger partial charge is 0.306 e. The van der Waals surface area contributed by atoms with Gasteiger partial charge in [-0.1, -0.05) is 19.4 Å². The van der Waals surface area contributed by atoms with E-state index in [4.69, 9.17) is 4.74 Å². The summed E-state index contributed by atoms with van der Waals surface area (Å²) in [5.74, 6) is -0.222.